The lowest BCUT2D eigenvalue weighted by molar-refractivity contribution is -0.521. The van der Waals surface area contributed by atoms with Gasteiger partial charge in [-0.25, -0.2) is 0 Å². The zero-order valence-corrected chi connectivity index (χ0v) is 13.6. The van der Waals surface area contributed by atoms with Gasteiger partial charge in [-0.1, -0.05) is 76.6 Å². The monoisotopic (exact) mass is 361 g/mol. The molecule has 0 saturated heterocycles. The van der Waals surface area contributed by atoms with E-state index in [1.807, 2.05) is 36.4 Å². The lowest BCUT2D eigenvalue weighted by Gasteiger charge is -2.23. The van der Waals surface area contributed by atoms with E-state index in [4.69, 9.17) is 0 Å². The Bertz CT molecular complexity index is 645. The van der Waals surface area contributed by atoms with E-state index in [0.29, 0.717) is 5.56 Å². The summed E-state index contributed by atoms with van der Waals surface area (Å²) in [5.41, 5.74) is 1.32. The van der Waals surface area contributed by atoms with Gasteiger partial charge in [-0.05, 0) is 5.56 Å². The normalized spacial score (nSPS) is 14.8. The van der Waals surface area contributed by atoms with Crippen molar-refractivity contribution in [3.8, 4) is 0 Å². The molecule has 0 fully saturated rings. The first-order valence-corrected chi connectivity index (χ1v) is 7.85. The number of nitro groups is 1. The third-order valence-corrected chi connectivity index (χ3v) is 4.65. The van der Waals surface area contributed by atoms with Gasteiger partial charge in [-0.2, -0.15) is 0 Å². The third kappa shape index (κ3) is 3.60. The number of halogens is 1. The Balaban J connectivity index is 2.37. The summed E-state index contributed by atoms with van der Waals surface area (Å²) in [6.07, 6.45) is 0. The topological polar surface area (TPSA) is 60.2 Å². The fourth-order valence-corrected chi connectivity index (χ4v) is 3.43. The molecule has 0 aliphatic carbocycles. The summed E-state index contributed by atoms with van der Waals surface area (Å²) in [7, 11) is 0. The molecule has 0 aromatic heterocycles. The van der Waals surface area contributed by atoms with Crippen LogP contribution in [0.5, 0.6) is 0 Å². The minimum atomic E-state index is -0.876. The molecule has 0 radical (unpaired) electrons. The van der Waals surface area contributed by atoms with Crippen LogP contribution in [0.4, 0.5) is 0 Å². The second-order valence-electron chi connectivity index (χ2n) is 5.09. The van der Waals surface area contributed by atoms with E-state index in [1.165, 1.54) is 6.92 Å². The first-order valence-electron chi connectivity index (χ1n) is 6.94. The Labute approximate surface area is 137 Å². The van der Waals surface area contributed by atoms with E-state index in [-0.39, 0.29) is 10.7 Å². The van der Waals surface area contributed by atoms with Crippen molar-refractivity contribution < 1.29 is 9.72 Å². The number of carbonyl (C=O) groups excluding carboxylic acids is 1. The largest absolute Gasteiger partial charge is 0.293 e. The standard InChI is InChI=1S/C17H16BrNO3/c1-12(19(21)22)15(13-8-4-2-5-9-13)16(18)17(20)14-10-6-3-7-11-14/h2-12,15-16H,1H3/t12-,15-,16+/m1/s1. The predicted molar refractivity (Wildman–Crippen MR) is 89.1 cm³/mol. The van der Waals surface area contributed by atoms with Crippen LogP contribution in [0.2, 0.25) is 0 Å². The van der Waals surface area contributed by atoms with Crippen LogP contribution in [0.15, 0.2) is 60.7 Å². The van der Waals surface area contributed by atoms with E-state index in [0.717, 1.165) is 5.56 Å². The van der Waals surface area contributed by atoms with Crippen LogP contribution < -0.4 is 0 Å². The summed E-state index contributed by atoms with van der Waals surface area (Å²) in [6, 6.07) is 17.1. The molecular formula is C17H16BrNO3. The van der Waals surface area contributed by atoms with E-state index in [1.54, 1.807) is 24.3 Å². The van der Waals surface area contributed by atoms with Gasteiger partial charge in [0, 0.05) is 17.4 Å². The zero-order chi connectivity index (χ0) is 16.1. The highest BCUT2D eigenvalue weighted by Gasteiger charge is 2.37. The molecule has 0 spiro atoms. The molecule has 0 unspecified atom stereocenters. The summed E-state index contributed by atoms with van der Waals surface area (Å²) in [6.45, 7) is 1.53. The molecule has 114 valence electrons. The molecule has 3 atom stereocenters. The van der Waals surface area contributed by atoms with E-state index in [2.05, 4.69) is 15.9 Å². The minimum Gasteiger partial charge on any atom is -0.293 e. The second-order valence-corrected chi connectivity index (χ2v) is 6.08. The molecule has 0 aliphatic heterocycles. The van der Waals surface area contributed by atoms with Gasteiger partial charge in [-0.15, -0.1) is 0 Å². The first-order chi connectivity index (χ1) is 10.5. The molecule has 0 aliphatic rings. The molecule has 4 nitrogen and oxygen atoms in total. The number of hydrogen-bond donors (Lipinski definition) is 0. The average Bonchev–Trinajstić information content (AvgIpc) is 2.56. The highest BCUT2D eigenvalue weighted by atomic mass is 79.9. The molecule has 0 N–H and O–H groups in total. The number of ketones is 1. The molecule has 0 saturated carbocycles. The summed E-state index contributed by atoms with van der Waals surface area (Å²) in [5, 5.41) is 11.3. The van der Waals surface area contributed by atoms with Gasteiger partial charge in [0.1, 0.15) is 0 Å². The summed E-state index contributed by atoms with van der Waals surface area (Å²) in [4.78, 5) is 22.9. The quantitative estimate of drug-likeness (QED) is 0.337. The van der Waals surface area contributed by atoms with Crippen LogP contribution in [0.25, 0.3) is 0 Å². The van der Waals surface area contributed by atoms with E-state index >= 15 is 0 Å². The maximum absolute atomic E-state index is 12.6. The number of alkyl halides is 1. The number of nitrogens with zero attached hydrogens (tertiary/aromatic N) is 1. The number of hydrogen-bond acceptors (Lipinski definition) is 3. The van der Waals surface area contributed by atoms with Gasteiger partial charge in [0.05, 0.1) is 10.7 Å². The summed E-state index contributed by atoms with van der Waals surface area (Å²) in [5.74, 6) is -0.688. The van der Waals surface area contributed by atoms with Gasteiger partial charge in [0.2, 0.25) is 6.04 Å². The molecule has 22 heavy (non-hydrogen) atoms. The molecule has 0 bridgehead atoms. The number of benzene rings is 2. The highest BCUT2D eigenvalue weighted by Crippen LogP contribution is 2.32. The molecule has 2 rings (SSSR count). The van der Waals surface area contributed by atoms with E-state index < -0.39 is 16.8 Å². The molecule has 0 amide bonds. The summed E-state index contributed by atoms with van der Waals surface area (Å²) >= 11 is 3.40. The molecular weight excluding hydrogens is 346 g/mol. The van der Waals surface area contributed by atoms with Gasteiger partial charge in [-0.3, -0.25) is 14.9 Å². The van der Waals surface area contributed by atoms with Crippen LogP contribution in [0, 0.1) is 10.1 Å². The lowest BCUT2D eigenvalue weighted by atomic mass is 9.86. The van der Waals surface area contributed by atoms with Crippen molar-refractivity contribution in [2.24, 2.45) is 0 Å². The molecule has 2 aromatic carbocycles. The maximum atomic E-state index is 12.6. The Morgan fingerprint density at radius 1 is 1.05 bits per heavy atom. The van der Waals surface area contributed by atoms with Crippen LogP contribution >= 0.6 is 15.9 Å². The highest BCUT2D eigenvalue weighted by molar-refractivity contribution is 9.10. The van der Waals surface area contributed by atoms with Crippen molar-refractivity contribution in [2.45, 2.75) is 23.7 Å². The van der Waals surface area contributed by atoms with E-state index in [9.17, 15) is 14.9 Å². The Morgan fingerprint density at radius 3 is 2.05 bits per heavy atom. The SMILES string of the molecule is C[C@H]([C@H](c1ccccc1)[C@H](Br)C(=O)c1ccccc1)[N+](=O)[O-]. The van der Waals surface area contributed by atoms with Gasteiger partial charge >= 0.3 is 0 Å². The lowest BCUT2D eigenvalue weighted by Crippen LogP contribution is -2.34. The molecule has 5 heteroatoms. The zero-order valence-electron chi connectivity index (χ0n) is 12.1. The fraction of sp³-hybridized carbons (Fsp3) is 0.235. The van der Waals surface area contributed by atoms with Crippen molar-refractivity contribution in [3.05, 3.63) is 81.9 Å². The molecule has 0 heterocycles. The Kier molecular flexibility index (Phi) is 5.44. The fourth-order valence-electron chi connectivity index (χ4n) is 2.42. The number of Topliss-reactive ketones (excluding diaryl/α,β-unsaturated/α-hetero) is 1. The van der Waals surface area contributed by atoms with Crippen molar-refractivity contribution in [2.75, 3.05) is 0 Å². The van der Waals surface area contributed by atoms with Crippen LogP contribution in [0.1, 0.15) is 28.8 Å². The number of carbonyl (C=O) groups is 1. The maximum Gasteiger partial charge on any atom is 0.218 e. The smallest absolute Gasteiger partial charge is 0.218 e. The Hall–Kier alpha value is -2.01. The van der Waals surface area contributed by atoms with Crippen molar-refractivity contribution >= 4 is 21.7 Å². The van der Waals surface area contributed by atoms with Gasteiger partial charge < -0.3 is 0 Å². The predicted octanol–water partition coefficient (Wildman–Crippen LogP) is 4.08. The van der Waals surface area contributed by atoms with Crippen LogP contribution in [0.3, 0.4) is 0 Å². The van der Waals surface area contributed by atoms with Crippen molar-refractivity contribution in [1.82, 2.24) is 0 Å². The average molecular weight is 362 g/mol. The Morgan fingerprint density at radius 2 is 1.55 bits per heavy atom. The number of rotatable bonds is 6. The van der Waals surface area contributed by atoms with Crippen molar-refractivity contribution in [3.63, 3.8) is 0 Å². The first kappa shape index (κ1) is 16.4. The van der Waals surface area contributed by atoms with Crippen LogP contribution in [-0.4, -0.2) is 21.6 Å². The van der Waals surface area contributed by atoms with Gasteiger partial charge in [0.25, 0.3) is 0 Å². The van der Waals surface area contributed by atoms with Crippen molar-refractivity contribution in [1.29, 1.82) is 0 Å². The second kappa shape index (κ2) is 7.31. The van der Waals surface area contributed by atoms with Crippen LogP contribution in [-0.2, 0) is 0 Å². The summed E-state index contributed by atoms with van der Waals surface area (Å²) < 4.78 is 0. The third-order valence-electron chi connectivity index (χ3n) is 3.66. The minimum absolute atomic E-state index is 0.150. The van der Waals surface area contributed by atoms with Gasteiger partial charge in [0.15, 0.2) is 5.78 Å². The molecule has 2 aromatic rings.